The van der Waals surface area contributed by atoms with E-state index in [9.17, 15) is 4.79 Å². The molecule has 4 heteroatoms. The molecule has 0 unspecified atom stereocenters. The van der Waals surface area contributed by atoms with Gasteiger partial charge in [0, 0.05) is 30.1 Å². The van der Waals surface area contributed by atoms with E-state index in [2.05, 4.69) is 18.4 Å². The quantitative estimate of drug-likeness (QED) is 0.860. The van der Waals surface area contributed by atoms with E-state index in [1.54, 1.807) is 11.3 Å². The maximum absolute atomic E-state index is 12.3. The topological polar surface area (TPSA) is 46.3 Å². The van der Waals surface area contributed by atoms with E-state index in [-0.39, 0.29) is 11.9 Å². The molecule has 20 heavy (non-hydrogen) atoms. The Bertz CT molecular complexity index is 548. The molecule has 2 rings (SSSR count). The normalized spacial score (nSPS) is 12.1. The average molecular weight is 288 g/mol. The Morgan fingerprint density at radius 1 is 1.30 bits per heavy atom. The predicted molar refractivity (Wildman–Crippen MR) is 84.8 cm³/mol. The Hall–Kier alpha value is -1.81. The van der Waals surface area contributed by atoms with Gasteiger partial charge in [-0.25, -0.2) is 0 Å². The van der Waals surface area contributed by atoms with Crippen LogP contribution in [-0.4, -0.2) is 23.9 Å². The molecule has 0 bridgehead atoms. The number of rotatable bonds is 5. The highest BCUT2D eigenvalue weighted by molar-refractivity contribution is 7.09. The first-order chi connectivity index (χ1) is 9.56. The third-order valence-corrected chi connectivity index (χ3v) is 4.37. The molecule has 0 aliphatic heterocycles. The number of nitrogen functional groups attached to an aromatic ring is 1. The van der Waals surface area contributed by atoms with Gasteiger partial charge >= 0.3 is 0 Å². The van der Waals surface area contributed by atoms with E-state index in [1.807, 2.05) is 42.3 Å². The smallest absolute Gasteiger partial charge is 0.226 e. The van der Waals surface area contributed by atoms with Crippen LogP contribution in [0.4, 0.5) is 5.69 Å². The molecule has 0 fully saturated rings. The highest BCUT2D eigenvalue weighted by Crippen LogP contribution is 2.14. The summed E-state index contributed by atoms with van der Waals surface area (Å²) >= 11 is 1.73. The predicted octanol–water partition coefficient (Wildman–Crippen LogP) is 2.96. The summed E-state index contributed by atoms with van der Waals surface area (Å²) in [6.07, 6.45) is 1.33. The van der Waals surface area contributed by atoms with Crippen LogP contribution in [0.2, 0.25) is 0 Å². The summed E-state index contributed by atoms with van der Waals surface area (Å²) in [5.41, 5.74) is 7.37. The summed E-state index contributed by atoms with van der Waals surface area (Å²) < 4.78 is 0. The van der Waals surface area contributed by atoms with Gasteiger partial charge in [0.2, 0.25) is 5.91 Å². The van der Waals surface area contributed by atoms with Gasteiger partial charge < -0.3 is 10.6 Å². The number of thiophene rings is 1. The first kappa shape index (κ1) is 14.6. The molecular formula is C16H20N2OS. The fraction of sp³-hybridized carbons (Fsp3) is 0.312. The van der Waals surface area contributed by atoms with Crippen molar-refractivity contribution >= 4 is 22.9 Å². The van der Waals surface area contributed by atoms with Gasteiger partial charge in [0.05, 0.1) is 6.42 Å². The number of nitrogens with zero attached hydrogens (tertiary/aromatic N) is 1. The standard InChI is InChI=1S/C16H20N2OS/c1-12(10-15-4-3-9-20-15)18(2)16(19)11-13-5-7-14(17)8-6-13/h3-9,12H,10-11,17H2,1-2H3/t12-/m1/s1. The molecule has 2 aromatic rings. The minimum absolute atomic E-state index is 0.138. The molecule has 1 atom stereocenters. The first-order valence-electron chi connectivity index (χ1n) is 6.68. The molecule has 1 amide bonds. The molecule has 106 valence electrons. The lowest BCUT2D eigenvalue weighted by Gasteiger charge is -2.24. The fourth-order valence-electron chi connectivity index (χ4n) is 2.04. The molecule has 2 N–H and O–H groups in total. The summed E-state index contributed by atoms with van der Waals surface area (Å²) in [6, 6.07) is 11.8. The zero-order valence-corrected chi connectivity index (χ0v) is 12.7. The van der Waals surface area contributed by atoms with Gasteiger partial charge in [-0.1, -0.05) is 18.2 Å². The van der Waals surface area contributed by atoms with Crippen LogP contribution < -0.4 is 5.73 Å². The number of hydrogen-bond donors (Lipinski definition) is 1. The van der Waals surface area contributed by atoms with Gasteiger partial charge in [-0.2, -0.15) is 0 Å². The number of hydrogen-bond acceptors (Lipinski definition) is 3. The van der Waals surface area contributed by atoms with E-state index >= 15 is 0 Å². The number of likely N-dealkylation sites (N-methyl/N-ethyl adjacent to an activating group) is 1. The van der Waals surface area contributed by atoms with E-state index < -0.39 is 0 Å². The second kappa shape index (κ2) is 6.57. The molecule has 1 aromatic carbocycles. The van der Waals surface area contributed by atoms with Crippen molar-refractivity contribution in [2.75, 3.05) is 12.8 Å². The number of carbonyl (C=O) groups is 1. The molecule has 0 aliphatic rings. The average Bonchev–Trinajstić information content (AvgIpc) is 2.93. The van der Waals surface area contributed by atoms with Gasteiger partial charge in [-0.3, -0.25) is 4.79 Å². The number of benzene rings is 1. The van der Waals surface area contributed by atoms with Crippen LogP contribution in [-0.2, 0) is 17.6 Å². The number of amides is 1. The van der Waals surface area contributed by atoms with Gasteiger partial charge in [0.25, 0.3) is 0 Å². The maximum atomic E-state index is 12.3. The van der Waals surface area contributed by atoms with Crippen LogP contribution in [0, 0.1) is 0 Å². The fourth-order valence-corrected chi connectivity index (χ4v) is 2.86. The van der Waals surface area contributed by atoms with Crippen molar-refractivity contribution in [3.63, 3.8) is 0 Å². The molecular weight excluding hydrogens is 268 g/mol. The second-order valence-electron chi connectivity index (χ2n) is 5.06. The Balaban J connectivity index is 1.92. The van der Waals surface area contributed by atoms with Crippen molar-refractivity contribution in [2.45, 2.75) is 25.8 Å². The van der Waals surface area contributed by atoms with E-state index in [0.29, 0.717) is 6.42 Å². The lowest BCUT2D eigenvalue weighted by atomic mass is 10.1. The van der Waals surface area contributed by atoms with Crippen molar-refractivity contribution < 1.29 is 4.79 Å². The third kappa shape index (κ3) is 3.84. The minimum Gasteiger partial charge on any atom is -0.399 e. The Morgan fingerprint density at radius 3 is 2.60 bits per heavy atom. The summed E-state index contributed by atoms with van der Waals surface area (Å²) in [5.74, 6) is 0.138. The van der Waals surface area contributed by atoms with Crippen LogP contribution in [0.5, 0.6) is 0 Å². The van der Waals surface area contributed by atoms with Crippen LogP contribution in [0.1, 0.15) is 17.4 Å². The van der Waals surface area contributed by atoms with E-state index in [0.717, 1.165) is 17.7 Å². The summed E-state index contributed by atoms with van der Waals surface area (Å²) in [4.78, 5) is 15.4. The zero-order chi connectivity index (χ0) is 14.5. The Labute approximate surface area is 124 Å². The molecule has 0 radical (unpaired) electrons. The highest BCUT2D eigenvalue weighted by Gasteiger charge is 2.16. The van der Waals surface area contributed by atoms with Gasteiger partial charge in [0.15, 0.2) is 0 Å². The van der Waals surface area contributed by atoms with Crippen molar-refractivity contribution in [3.8, 4) is 0 Å². The lowest BCUT2D eigenvalue weighted by Crippen LogP contribution is -2.37. The molecule has 0 spiro atoms. The highest BCUT2D eigenvalue weighted by atomic mass is 32.1. The van der Waals surface area contributed by atoms with Crippen LogP contribution >= 0.6 is 11.3 Å². The second-order valence-corrected chi connectivity index (χ2v) is 6.09. The SMILES string of the molecule is C[C@H](Cc1cccs1)N(C)C(=O)Cc1ccc(N)cc1. The van der Waals surface area contributed by atoms with Gasteiger partial charge in [-0.15, -0.1) is 11.3 Å². The third-order valence-electron chi connectivity index (χ3n) is 3.47. The van der Waals surface area contributed by atoms with Crippen molar-refractivity contribution in [2.24, 2.45) is 0 Å². The summed E-state index contributed by atoms with van der Waals surface area (Å²) in [5, 5.41) is 2.07. The largest absolute Gasteiger partial charge is 0.399 e. The van der Waals surface area contributed by atoms with Crippen molar-refractivity contribution in [1.82, 2.24) is 4.90 Å². The summed E-state index contributed by atoms with van der Waals surface area (Å²) in [6.45, 7) is 2.08. The molecule has 0 saturated heterocycles. The first-order valence-corrected chi connectivity index (χ1v) is 7.56. The number of carbonyl (C=O) groups excluding carboxylic acids is 1. The zero-order valence-electron chi connectivity index (χ0n) is 11.9. The maximum Gasteiger partial charge on any atom is 0.226 e. The van der Waals surface area contributed by atoms with Crippen LogP contribution in [0.15, 0.2) is 41.8 Å². The van der Waals surface area contributed by atoms with E-state index in [4.69, 9.17) is 5.73 Å². The van der Waals surface area contributed by atoms with Crippen LogP contribution in [0.3, 0.4) is 0 Å². The summed E-state index contributed by atoms with van der Waals surface area (Å²) in [7, 11) is 1.87. The Morgan fingerprint density at radius 2 is 2.00 bits per heavy atom. The minimum atomic E-state index is 0.138. The number of anilines is 1. The van der Waals surface area contributed by atoms with Gasteiger partial charge in [-0.05, 0) is 36.1 Å². The van der Waals surface area contributed by atoms with Gasteiger partial charge in [0.1, 0.15) is 0 Å². The van der Waals surface area contributed by atoms with Crippen LogP contribution in [0.25, 0.3) is 0 Å². The number of nitrogens with two attached hydrogens (primary N) is 1. The monoisotopic (exact) mass is 288 g/mol. The Kier molecular flexibility index (Phi) is 4.79. The molecule has 3 nitrogen and oxygen atoms in total. The molecule has 0 saturated carbocycles. The van der Waals surface area contributed by atoms with Crippen molar-refractivity contribution in [1.29, 1.82) is 0 Å². The van der Waals surface area contributed by atoms with E-state index in [1.165, 1.54) is 4.88 Å². The molecule has 1 aromatic heterocycles. The van der Waals surface area contributed by atoms with Crippen molar-refractivity contribution in [3.05, 3.63) is 52.2 Å². The molecule has 1 heterocycles. The lowest BCUT2D eigenvalue weighted by molar-refractivity contribution is -0.130. The molecule has 0 aliphatic carbocycles.